The Morgan fingerprint density at radius 2 is 2.11 bits per heavy atom. The molecule has 0 saturated heterocycles. The number of aromatic nitrogens is 1. The minimum atomic E-state index is -4.52. The van der Waals surface area contributed by atoms with Gasteiger partial charge in [0.25, 0.3) is 0 Å². The van der Waals surface area contributed by atoms with Gasteiger partial charge in [0.2, 0.25) is 0 Å². The third-order valence-corrected chi connectivity index (χ3v) is 3.97. The van der Waals surface area contributed by atoms with E-state index >= 15 is 0 Å². The summed E-state index contributed by atoms with van der Waals surface area (Å²) in [5.41, 5.74) is -1.42. The second kappa shape index (κ2) is 4.62. The maximum absolute atomic E-state index is 12.9. The molecule has 19 heavy (non-hydrogen) atoms. The van der Waals surface area contributed by atoms with Crippen molar-refractivity contribution in [1.82, 2.24) is 4.98 Å². The molecule has 1 atom stereocenters. The van der Waals surface area contributed by atoms with E-state index in [9.17, 15) is 18.0 Å². The molecule has 1 heterocycles. The van der Waals surface area contributed by atoms with Gasteiger partial charge in [0, 0.05) is 23.9 Å². The van der Waals surface area contributed by atoms with Crippen molar-refractivity contribution in [3.05, 3.63) is 29.6 Å². The fourth-order valence-corrected chi connectivity index (χ4v) is 2.84. The van der Waals surface area contributed by atoms with Crippen molar-refractivity contribution >= 4 is 5.78 Å². The van der Waals surface area contributed by atoms with Crippen LogP contribution in [-0.4, -0.2) is 10.8 Å². The standard InChI is InChI=1S/C14H16F3NO/c1-13(2)6-3-4-11(13)12(19)9-8-18-7-5-10(9)14(15,16)17/h5,7-8,11H,3-4,6H2,1-2H3. The Hall–Kier alpha value is -1.39. The van der Waals surface area contributed by atoms with E-state index in [1.165, 1.54) is 0 Å². The smallest absolute Gasteiger partial charge is 0.294 e. The van der Waals surface area contributed by atoms with E-state index < -0.39 is 17.5 Å². The zero-order valence-corrected chi connectivity index (χ0v) is 10.9. The van der Waals surface area contributed by atoms with Gasteiger partial charge in [-0.2, -0.15) is 13.2 Å². The summed E-state index contributed by atoms with van der Waals surface area (Å²) in [7, 11) is 0. The van der Waals surface area contributed by atoms with E-state index in [1.54, 1.807) is 0 Å². The molecule has 0 spiro atoms. The van der Waals surface area contributed by atoms with E-state index in [0.717, 1.165) is 31.3 Å². The van der Waals surface area contributed by atoms with E-state index in [-0.39, 0.29) is 16.9 Å². The predicted molar refractivity (Wildman–Crippen MR) is 64.7 cm³/mol. The van der Waals surface area contributed by atoms with Gasteiger partial charge in [0.05, 0.1) is 5.56 Å². The maximum Gasteiger partial charge on any atom is 0.417 e. The summed E-state index contributed by atoms with van der Waals surface area (Å²) < 4.78 is 38.7. The Bertz CT molecular complexity index is 494. The molecule has 1 aromatic heterocycles. The molecule has 1 aromatic rings. The average molecular weight is 271 g/mol. The zero-order chi connectivity index (χ0) is 14.3. The molecule has 5 heteroatoms. The first-order valence-electron chi connectivity index (χ1n) is 6.29. The van der Waals surface area contributed by atoms with Crippen LogP contribution in [-0.2, 0) is 6.18 Å². The first kappa shape index (κ1) is 14.0. The number of hydrogen-bond acceptors (Lipinski definition) is 2. The van der Waals surface area contributed by atoms with Crippen molar-refractivity contribution in [2.45, 2.75) is 39.3 Å². The van der Waals surface area contributed by atoms with Crippen LogP contribution in [0.5, 0.6) is 0 Å². The molecule has 0 bridgehead atoms. The van der Waals surface area contributed by atoms with Crippen LogP contribution in [0.15, 0.2) is 18.5 Å². The Morgan fingerprint density at radius 1 is 1.42 bits per heavy atom. The third kappa shape index (κ3) is 2.65. The molecule has 2 nitrogen and oxygen atoms in total. The number of nitrogens with zero attached hydrogens (tertiary/aromatic N) is 1. The van der Waals surface area contributed by atoms with Gasteiger partial charge in [-0.25, -0.2) is 0 Å². The molecule has 1 aliphatic carbocycles. The molecule has 1 aliphatic rings. The number of alkyl halides is 3. The van der Waals surface area contributed by atoms with Crippen LogP contribution in [0.25, 0.3) is 0 Å². The molecule has 0 N–H and O–H groups in total. The molecule has 0 aromatic carbocycles. The van der Waals surface area contributed by atoms with E-state index in [0.29, 0.717) is 6.42 Å². The number of hydrogen-bond donors (Lipinski definition) is 0. The zero-order valence-electron chi connectivity index (χ0n) is 10.9. The lowest BCUT2D eigenvalue weighted by Crippen LogP contribution is -2.28. The van der Waals surface area contributed by atoms with Gasteiger partial charge in [0.15, 0.2) is 5.78 Å². The van der Waals surface area contributed by atoms with Gasteiger partial charge in [-0.1, -0.05) is 20.3 Å². The number of halogens is 3. The first-order chi connectivity index (χ1) is 8.73. The lowest BCUT2D eigenvalue weighted by Gasteiger charge is -2.26. The minimum Gasteiger partial charge on any atom is -0.294 e. The van der Waals surface area contributed by atoms with Crippen LogP contribution >= 0.6 is 0 Å². The molecule has 0 radical (unpaired) electrons. The fourth-order valence-electron chi connectivity index (χ4n) is 2.84. The van der Waals surface area contributed by atoms with Gasteiger partial charge in [-0.3, -0.25) is 9.78 Å². The van der Waals surface area contributed by atoms with E-state index in [1.807, 2.05) is 13.8 Å². The minimum absolute atomic E-state index is 0.240. The molecule has 2 rings (SSSR count). The average Bonchev–Trinajstić information content (AvgIpc) is 2.67. The second-order valence-electron chi connectivity index (χ2n) is 5.72. The highest BCUT2D eigenvalue weighted by molar-refractivity contribution is 5.99. The number of carbonyl (C=O) groups excluding carboxylic acids is 1. The van der Waals surface area contributed by atoms with Crippen molar-refractivity contribution in [2.75, 3.05) is 0 Å². The van der Waals surface area contributed by atoms with Gasteiger partial charge >= 0.3 is 6.18 Å². The van der Waals surface area contributed by atoms with Gasteiger partial charge in [-0.15, -0.1) is 0 Å². The predicted octanol–water partition coefficient (Wildman–Crippen LogP) is 4.11. The largest absolute Gasteiger partial charge is 0.417 e. The summed E-state index contributed by atoms with van der Waals surface area (Å²) in [6.45, 7) is 3.87. The number of ketones is 1. The second-order valence-corrected chi connectivity index (χ2v) is 5.72. The fraction of sp³-hybridized carbons (Fsp3) is 0.571. The molecule has 1 unspecified atom stereocenters. The normalized spacial score (nSPS) is 22.5. The molecule has 0 aliphatic heterocycles. The van der Waals surface area contributed by atoms with Crippen LogP contribution in [0.3, 0.4) is 0 Å². The van der Waals surface area contributed by atoms with Gasteiger partial charge < -0.3 is 0 Å². The summed E-state index contributed by atoms with van der Waals surface area (Å²) in [5.74, 6) is -0.777. The van der Waals surface area contributed by atoms with Crippen LogP contribution in [0.2, 0.25) is 0 Å². The number of carbonyl (C=O) groups is 1. The Kier molecular flexibility index (Phi) is 3.41. The van der Waals surface area contributed by atoms with Gasteiger partial charge in [-0.05, 0) is 24.3 Å². The van der Waals surface area contributed by atoms with Crippen molar-refractivity contribution in [3.8, 4) is 0 Å². The van der Waals surface area contributed by atoms with Crippen LogP contribution < -0.4 is 0 Å². The van der Waals surface area contributed by atoms with Crippen molar-refractivity contribution in [1.29, 1.82) is 0 Å². The summed E-state index contributed by atoms with van der Waals surface area (Å²) in [4.78, 5) is 16.1. The summed E-state index contributed by atoms with van der Waals surface area (Å²) >= 11 is 0. The van der Waals surface area contributed by atoms with Crippen LogP contribution in [0.4, 0.5) is 13.2 Å². The molecule has 0 amide bonds. The molecule has 1 fully saturated rings. The first-order valence-corrected chi connectivity index (χ1v) is 6.29. The van der Waals surface area contributed by atoms with Crippen molar-refractivity contribution in [3.63, 3.8) is 0 Å². The Balaban J connectivity index is 2.40. The van der Waals surface area contributed by atoms with Gasteiger partial charge in [0.1, 0.15) is 0 Å². The van der Waals surface area contributed by atoms with Crippen molar-refractivity contribution < 1.29 is 18.0 Å². The molecule has 1 saturated carbocycles. The molecule has 104 valence electrons. The Labute approximate surface area is 110 Å². The highest BCUT2D eigenvalue weighted by atomic mass is 19.4. The number of rotatable bonds is 2. The number of Topliss-reactive ketones (excluding diaryl/α,β-unsaturated/α-hetero) is 1. The number of pyridine rings is 1. The Morgan fingerprint density at radius 3 is 2.63 bits per heavy atom. The summed E-state index contributed by atoms with van der Waals surface area (Å²) in [6.07, 6.45) is -0.0102. The van der Waals surface area contributed by atoms with E-state index in [4.69, 9.17) is 0 Å². The maximum atomic E-state index is 12.9. The lowest BCUT2D eigenvalue weighted by molar-refractivity contribution is -0.138. The monoisotopic (exact) mass is 271 g/mol. The highest BCUT2D eigenvalue weighted by Gasteiger charge is 2.43. The summed E-state index contributed by atoms with van der Waals surface area (Å²) in [5, 5.41) is 0. The molecular formula is C14H16F3NO. The quantitative estimate of drug-likeness (QED) is 0.758. The highest BCUT2D eigenvalue weighted by Crippen LogP contribution is 2.45. The topological polar surface area (TPSA) is 30.0 Å². The molecular weight excluding hydrogens is 255 g/mol. The van der Waals surface area contributed by atoms with E-state index in [2.05, 4.69) is 4.98 Å². The van der Waals surface area contributed by atoms with Crippen LogP contribution in [0.1, 0.15) is 49.0 Å². The third-order valence-electron chi connectivity index (χ3n) is 3.97. The van der Waals surface area contributed by atoms with Crippen molar-refractivity contribution in [2.24, 2.45) is 11.3 Å². The van der Waals surface area contributed by atoms with Crippen LogP contribution in [0, 0.1) is 11.3 Å². The lowest BCUT2D eigenvalue weighted by atomic mass is 9.77. The summed E-state index contributed by atoms with van der Waals surface area (Å²) in [6, 6.07) is 0.870. The SMILES string of the molecule is CC1(C)CCCC1C(=O)c1cnccc1C(F)(F)F.